The number of aldehydes is 1. The molecule has 0 saturated carbocycles. The molecule has 0 saturated heterocycles. The van der Waals surface area contributed by atoms with Crippen LogP contribution in [0, 0.1) is 0 Å². The fraction of sp³-hybridized carbons (Fsp3) is 0. The molecule has 0 aromatic heterocycles. The van der Waals surface area contributed by atoms with Gasteiger partial charge in [0.1, 0.15) is 6.29 Å². The number of carbonyl (C=O) groups is 1. The first kappa shape index (κ1) is 10.7. The molecule has 2 aromatic rings. The van der Waals surface area contributed by atoms with Crippen molar-refractivity contribution in [1.29, 1.82) is 0 Å². The summed E-state index contributed by atoms with van der Waals surface area (Å²) in [6.07, 6.45) is 0.810. The molecule has 0 aliphatic carbocycles. The third-order valence-corrected chi connectivity index (χ3v) is 2.68. The molecule has 0 aliphatic rings. The summed E-state index contributed by atoms with van der Waals surface area (Å²) in [5.74, 6) is 0. The van der Waals surface area contributed by atoms with E-state index < -0.39 is 0 Å². The van der Waals surface area contributed by atoms with Crippen LogP contribution in [-0.2, 0) is 0 Å². The zero-order valence-corrected chi connectivity index (χ0v) is 9.24. The molecule has 0 spiro atoms. The van der Waals surface area contributed by atoms with Gasteiger partial charge in [-0.3, -0.25) is 4.79 Å². The maximum atomic E-state index is 10.5. The number of carbonyl (C=O) groups excluding carboxylic acids is 1. The maximum Gasteiger partial charge on any atom is 0.150 e. The van der Waals surface area contributed by atoms with Gasteiger partial charge in [0, 0.05) is 21.8 Å². The minimum Gasteiger partial charge on any atom is -0.399 e. The second-order valence-corrected chi connectivity index (χ2v) is 3.89. The lowest BCUT2D eigenvalue weighted by molar-refractivity contribution is 0.112. The van der Waals surface area contributed by atoms with Crippen molar-refractivity contribution in [2.24, 2.45) is 0 Å². The highest BCUT2D eigenvalue weighted by molar-refractivity contribution is 6.33. The van der Waals surface area contributed by atoms with Crippen molar-refractivity contribution in [2.75, 3.05) is 5.73 Å². The number of anilines is 1. The van der Waals surface area contributed by atoms with Gasteiger partial charge in [0.2, 0.25) is 0 Å². The van der Waals surface area contributed by atoms with Gasteiger partial charge in [-0.25, -0.2) is 0 Å². The van der Waals surface area contributed by atoms with Crippen molar-refractivity contribution >= 4 is 23.6 Å². The number of nitrogens with two attached hydrogens (primary N) is 1. The Bertz CT molecular complexity index is 520. The summed E-state index contributed by atoms with van der Waals surface area (Å²) in [5.41, 5.74) is 8.84. The van der Waals surface area contributed by atoms with E-state index in [1.54, 1.807) is 24.3 Å². The van der Waals surface area contributed by atoms with E-state index >= 15 is 0 Å². The third kappa shape index (κ3) is 2.07. The van der Waals surface area contributed by atoms with Crippen LogP contribution in [0.3, 0.4) is 0 Å². The fourth-order valence-corrected chi connectivity index (χ4v) is 1.73. The molecule has 2 aromatic carbocycles. The Morgan fingerprint density at radius 3 is 2.38 bits per heavy atom. The summed E-state index contributed by atoms with van der Waals surface area (Å²) in [5, 5.41) is 0.646. The van der Waals surface area contributed by atoms with E-state index in [-0.39, 0.29) is 0 Å². The molecule has 0 bridgehead atoms. The van der Waals surface area contributed by atoms with Crippen molar-refractivity contribution in [3.8, 4) is 11.1 Å². The van der Waals surface area contributed by atoms with Crippen LogP contribution in [0.5, 0.6) is 0 Å². The van der Waals surface area contributed by atoms with Gasteiger partial charge in [-0.1, -0.05) is 35.9 Å². The SMILES string of the molecule is Nc1ccc(Cl)c(-c2ccc(C=O)cc2)c1. The highest BCUT2D eigenvalue weighted by Gasteiger charge is 2.03. The number of hydrogen-bond acceptors (Lipinski definition) is 2. The zero-order valence-electron chi connectivity index (χ0n) is 8.48. The van der Waals surface area contributed by atoms with Crippen LogP contribution in [-0.4, -0.2) is 6.29 Å². The second-order valence-electron chi connectivity index (χ2n) is 3.48. The molecule has 2 rings (SSSR count). The zero-order chi connectivity index (χ0) is 11.5. The molecular formula is C13H10ClNO. The normalized spacial score (nSPS) is 10.1. The molecule has 0 aliphatic heterocycles. The van der Waals surface area contributed by atoms with Crippen molar-refractivity contribution in [1.82, 2.24) is 0 Å². The molecule has 0 atom stereocenters. The van der Waals surface area contributed by atoms with Crippen LogP contribution >= 0.6 is 11.6 Å². The van der Waals surface area contributed by atoms with E-state index in [9.17, 15) is 4.79 Å². The van der Waals surface area contributed by atoms with Gasteiger partial charge >= 0.3 is 0 Å². The highest BCUT2D eigenvalue weighted by atomic mass is 35.5. The van der Waals surface area contributed by atoms with Gasteiger partial charge in [0.25, 0.3) is 0 Å². The van der Waals surface area contributed by atoms with Crippen LogP contribution in [0.25, 0.3) is 11.1 Å². The number of halogens is 1. The number of benzene rings is 2. The van der Waals surface area contributed by atoms with Crippen LogP contribution in [0.1, 0.15) is 10.4 Å². The average Bonchev–Trinajstić information content (AvgIpc) is 2.32. The summed E-state index contributed by atoms with van der Waals surface area (Å²) >= 11 is 6.08. The molecule has 16 heavy (non-hydrogen) atoms. The Kier molecular flexibility index (Phi) is 2.93. The van der Waals surface area contributed by atoms with Crippen LogP contribution in [0.2, 0.25) is 5.02 Å². The molecule has 2 nitrogen and oxygen atoms in total. The molecule has 0 fully saturated rings. The first-order valence-corrected chi connectivity index (χ1v) is 5.19. The first-order valence-electron chi connectivity index (χ1n) is 4.81. The quantitative estimate of drug-likeness (QED) is 0.636. The number of hydrogen-bond donors (Lipinski definition) is 1. The van der Waals surface area contributed by atoms with Gasteiger partial charge in [0.05, 0.1) is 0 Å². The summed E-state index contributed by atoms with van der Waals surface area (Å²) < 4.78 is 0. The van der Waals surface area contributed by atoms with Crippen LogP contribution in [0.15, 0.2) is 42.5 Å². The Hall–Kier alpha value is -1.80. The van der Waals surface area contributed by atoms with Crippen molar-refractivity contribution in [3.05, 3.63) is 53.1 Å². The smallest absolute Gasteiger partial charge is 0.150 e. The lowest BCUT2D eigenvalue weighted by Crippen LogP contribution is -1.87. The predicted molar refractivity (Wildman–Crippen MR) is 66.7 cm³/mol. The minimum absolute atomic E-state index is 0.642. The van der Waals surface area contributed by atoms with Crippen molar-refractivity contribution < 1.29 is 4.79 Å². The summed E-state index contributed by atoms with van der Waals surface area (Å²) in [7, 11) is 0. The predicted octanol–water partition coefficient (Wildman–Crippen LogP) is 3.40. The lowest BCUT2D eigenvalue weighted by Gasteiger charge is -2.05. The highest BCUT2D eigenvalue weighted by Crippen LogP contribution is 2.29. The van der Waals surface area contributed by atoms with E-state index in [1.165, 1.54) is 0 Å². The Morgan fingerprint density at radius 2 is 1.75 bits per heavy atom. The Balaban J connectivity index is 2.49. The van der Waals surface area contributed by atoms with E-state index in [2.05, 4.69) is 0 Å². The molecule has 0 radical (unpaired) electrons. The van der Waals surface area contributed by atoms with Gasteiger partial charge in [-0.05, 0) is 23.8 Å². The van der Waals surface area contributed by atoms with E-state index in [0.29, 0.717) is 16.3 Å². The molecule has 2 N–H and O–H groups in total. The van der Waals surface area contributed by atoms with Gasteiger partial charge in [-0.2, -0.15) is 0 Å². The summed E-state index contributed by atoms with van der Waals surface area (Å²) in [4.78, 5) is 10.5. The maximum absolute atomic E-state index is 10.5. The summed E-state index contributed by atoms with van der Waals surface area (Å²) in [6.45, 7) is 0. The molecule has 0 unspecified atom stereocenters. The Labute approximate surface area is 98.7 Å². The molecular weight excluding hydrogens is 222 g/mol. The van der Waals surface area contributed by atoms with Crippen LogP contribution in [0.4, 0.5) is 5.69 Å². The van der Waals surface area contributed by atoms with Gasteiger partial charge < -0.3 is 5.73 Å². The van der Waals surface area contributed by atoms with Crippen molar-refractivity contribution in [3.63, 3.8) is 0 Å². The average molecular weight is 232 g/mol. The monoisotopic (exact) mass is 231 g/mol. The Morgan fingerprint density at radius 1 is 1.06 bits per heavy atom. The first-order chi connectivity index (χ1) is 7.70. The summed E-state index contributed by atoms with van der Waals surface area (Å²) in [6, 6.07) is 12.5. The second kappa shape index (κ2) is 4.37. The third-order valence-electron chi connectivity index (χ3n) is 2.35. The lowest BCUT2D eigenvalue weighted by atomic mass is 10.0. The van der Waals surface area contributed by atoms with Gasteiger partial charge in [-0.15, -0.1) is 0 Å². The minimum atomic E-state index is 0.642. The molecule has 0 amide bonds. The van der Waals surface area contributed by atoms with E-state index in [4.69, 9.17) is 17.3 Å². The largest absolute Gasteiger partial charge is 0.399 e. The standard InChI is InChI=1S/C13H10ClNO/c14-13-6-5-11(15)7-12(13)10-3-1-9(8-16)2-4-10/h1-8H,15H2. The number of rotatable bonds is 2. The molecule has 0 heterocycles. The molecule has 80 valence electrons. The number of nitrogen functional groups attached to an aromatic ring is 1. The molecule has 3 heteroatoms. The van der Waals surface area contributed by atoms with E-state index in [1.807, 2.05) is 18.2 Å². The van der Waals surface area contributed by atoms with Crippen LogP contribution < -0.4 is 5.73 Å². The fourth-order valence-electron chi connectivity index (χ4n) is 1.51. The topological polar surface area (TPSA) is 43.1 Å². The van der Waals surface area contributed by atoms with Crippen molar-refractivity contribution in [2.45, 2.75) is 0 Å². The van der Waals surface area contributed by atoms with Gasteiger partial charge in [0.15, 0.2) is 0 Å². The van der Waals surface area contributed by atoms with E-state index in [0.717, 1.165) is 17.4 Å².